The molecule has 0 N–H and O–H groups in total. The van der Waals surface area contributed by atoms with Crippen LogP contribution in [-0.2, 0) is 30.8 Å². The topological polar surface area (TPSA) is 110 Å². The largest absolute Gasteiger partial charge is 0.444 e. The van der Waals surface area contributed by atoms with Gasteiger partial charge in [0.25, 0.3) is 5.91 Å². The molecule has 11 heteroatoms. The standard InChI is InChI=1S/C30H40N8O3/c1-18(2)36(9)24-13-19-20(22(32-24)16-35(8)28(40)41-29(3,4)5)15-37(27(19)39)23-12-10-11-21(31-23)26-34-33-25-14-30(6,7)17-38(25)26/h10-13,18H,14-17H2,1-9H3. The maximum absolute atomic E-state index is 13.9. The van der Waals surface area contributed by atoms with Crippen LogP contribution < -0.4 is 9.80 Å². The third-order valence-corrected chi connectivity index (χ3v) is 7.51. The van der Waals surface area contributed by atoms with Gasteiger partial charge in [-0.15, -0.1) is 10.2 Å². The van der Waals surface area contributed by atoms with Gasteiger partial charge in [0.05, 0.1) is 24.3 Å². The van der Waals surface area contributed by atoms with Crippen molar-refractivity contribution in [2.24, 2.45) is 5.41 Å². The van der Waals surface area contributed by atoms with Gasteiger partial charge in [-0.1, -0.05) is 19.9 Å². The molecule has 2 amide bonds. The Morgan fingerprint density at radius 1 is 1.15 bits per heavy atom. The van der Waals surface area contributed by atoms with E-state index < -0.39 is 11.7 Å². The number of nitrogens with zero attached hydrogens (tertiary/aromatic N) is 8. The van der Waals surface area contributed by atoms with Crippen molar-refractivity contribution < 1.29 is 14.3 Å². The van der Waals surface area contributed by atoms with E-state index >= 15 is 0 Å². The lowest BCUT2D eigenvalue weighted by atomic mass is 9.92. The van der Waals surface area contributed by atoms with Crippen LogP contribution >= 0.6 is 0 Å². The van der Waals surface area contributed by atoms with Crippen LogP contribution in [0.25, 0.3) is 11.5 Å². The fourth-order valence-corrected chi connectivity index (χ4v) is 5.17. The van der Waals surface area contributed by atoms with Gasteiger partial charge in [0.2, 0.25) is 0 Å². The smallest absolute Gasteiger partial charge is 0.410 e. The highest BCUT2D eigenvalue weighted by atomic mass is 16.6. The number of rotatable bonds is 6. The molecule has 0 radical (unpaired) electrons. The number of aromatic nitrogens is 5. The maximum Gasteiger partial charge on any atom is 0.410 e. The van der Waals surface area contributed by atoms with Crippen molar-refractivity contribution in [2.45, 2.75) is 86.2 Å². The number of ether oxygens (including phenoxy) is 1. The summed E-state index contributed by atoms with van der Waals surface area (Å²) in [5.74, 6) is 2.71. The Balaban J connectivity index is 1.48. The molecule has 0 bridgehead atoms. The second-order valence-corrected chi connectivity index (χ2v) is 13.1. The Morgan fingerprint density at radius 3 is 2.56 bits per heavy atom. The van der Waals surface area contributed by atoms with Crippen LogP contribution in [0.1, 0.15) is 75.9 Å². The molecular formula is C30H40N8O3. The van der Waals surface area contributed by atoms with E-state index in [-0.39, 0.29) is 23.9 Å². The third kappa shape index (κ3) is 5.62. The normalized spacial score (nSPS) is 15.8. The number of carbonyl (C=O) groups is 2. The molecule has 41 heavy (non-hydrogen) atoms. The van der Waals surface area contributed by atoms with E-state index in [2.05, 4.69) is 42.5 Å². The first-order valence-electron chi connectivity index (χ1n) is 14.0. The minimum Gasteiger partial charge on any atom is -0.444 e. The van der Waals surface area contributed by atoms with Crippen LogP contribution in [0, 0.1) is 5.41 Å². The van der Waals surface area contributed by atoms with Crippen LogP contribution in [0.4, 0.5) is 16.4 Å². The Morgan fingerprint density at radius 2 is 1.88 bits per heavy atom. The molecule has 0 unspecified atom stereocenters. The fourth-order valence-electron chi connectivity index (χ4n) is 5.17. The van der Waals surface area contributed by atoms with E-state index in [0.29, 0.717) is 41.0 Å². The molecule has 11 nitrogen and oxygen atoms in total. The fraction of sp³-hybridized carbons (Fsp3) is 0.533. The second kappa shape index (κ2) is 10.1. The van der Waals surface area contributed by atoms with E-state index in [1.165, 1.54) is 4.90 Å². The number of anilines is 2. The average Bonchev–Trinajstić information content (AvgIpc) is 3.51. The highest BCUT2D eigenvalue weighted by Gasteiger charge is 2.36. The van der Waals surface area contributed by atoms with Gasteiger partial charge in [-0.3, -0.25) is 9.69 Å². The van der Waals surface area contributed by atoms with Crippen molar-refractivity contribution >= 4 is 23.6 Å². The summed E-state index contributed by atoms with van der Waals surface area (Å²) in [5.41, 5.74) is 2.16. The molecule has 0 saturated carbocycles. The summed E-state index contributed by atoms with van der Waals surface area (Å²) in [4.78, 5) is 41.6. The van der Waals surface area contributed by atoms with Crippen molar-refractivity contribution in [3.63, 3.8) is 0 Å². The highest BCUT2D eigenvalue weighted by Crippen LogP contribution is 2.36. The Hall–Kier alpha value is -4.02. The summed E-state index contributed by atoms with van der Waals surface area (Å²) in [6.07, 6.45) is 0.413. The second-order valence-electron chi connectivity index (χ2n) is 13.1. The average molecular weight is 561 g/mol. The molecule has 218 valence electrons. The lowest BCUT2D eigenvalue weighted by Gasteiger charge is -2.26. The SMILES string of the molecule is CC(C)N(C)c1cc2c(c(CN(C)C(=O)OC(C)(C)C)n1)CN(c1cccc(-c3nnc4n3CC(C)(C)C4)n1)C2=O. The maximum atomic E-state index is 13.9. The zero-order valence-electron chi connectivity index (χ0n) is 25.5. The molecule has 0 spiro atoms. The molecule has 0 aromatic carbocycles. The summed E-state index contributed by atoms with van der Waals surface area (Å²) in [6.45, 7) is 15.4. The van der Waals surface area contributed by atoms with E-state index in [0.717, 1.165) is 24.4 Å². The molecule has 5 rings (SSSR count). The van der Waals surface area contributed by atoms with E-state index in [1.807, 2.05) is 57.0 Å². The van der Waals surface area contributed by atoms with Crippen molar-refractivity contribution in [3.05, 3.63) is 46.9 Å². The van der Waals surface area contributed by atoms with E-state index in [9.17, 15) is 9.59 Å². The Bertz CT molecular complexity index is 1500. The van der Waals surface area contributed by atoms with Crippen LogP contribution in [0.2, 0.25) is 0 Å². The molecule has 2 aliphatic heterocycles. The minimum atomic E-state index is -0.621. The van der Waals surface area contributed by atoms with Gasteiger partial charge in [-0.05, 0) is 58.2 Å². The number of hydrogen-bond donors (Lipinski definition) is 0. The van der Waals surface area contributed by atoms with Gasteiger partial charge in [-0.25, -0.2) is 14.8 Å². The van der Waals surface area contributed by atoms with Crippen molar-refractivity contribution in [1.82, 2.24) is 29.6 Å². The molecule has 2 aliphatic rings. The van der Waals surface area contributed by atoms with Gasteiger partial charge in [0.15, 0.2) is 5.82 Å². The predicted molar refractivity (Wildman–Crippen MR) is 157 cm³/mol. The van der Waals surface area contributed by atoms with Crippen LogP contribution in [0.3, 0.4) is 0 Å². The summed E-state index contributed by atoms with van der Waals surface area (Å²) in [6, 6.07) is 7.63. The molecule has 3 aromatic rings. The number of fused-ring (bicyclic) bond motifs is 2. The first-order valence-corrected chi connectivity index (χ1v) is 14.0. The van der Waals surface area contributed by atoms with Gasteiger partial charge in [-0.2, -0.15) is 0 Å². The molecule has 0 fully saturated rings. The zero-order valence-corrected chi connectivity index (χ0v) is 25.5. The molecule has 0 saturated heterocycles. The lowest BCUT2D eigenvalue weighted by molar-refractivity contribution is 0.0282. The number of amides is 2. The molecule has 3 aromatic heterocycles. The number of carbonyl (C=O) groups excluding carboxylic acids is 2. The predicted octanol–water partition coefficient (Wildman–Crippen LogP) is 4.69. The van der Waals surface area contributed by atoms with Crippen molar-refractivity contribution in [1.29, 1.82) is 0 Å². The summed E-state index contributed by atoms with van der Waals surface area (Å²) < 4.78 is 7.68. The third-order valence-electron chi connectivity index (χ3n) is 7.51. The summed E-state index contributed by atoms with van der Waals surface area (Å²) in [7, 11) is 3.63. The lowest BCUT2D eigenvalue weighted by Crippen LogP contribution is -2.34. The van der Waals surface area contributed by atoms with E-state index in [1.54, 1.807) is 11.9 Å². The van der Waals surface area contributed by atoms with Crippen molar-refractivity contribution in [2.75, 3.05) is 23.9 Å². The minimum absolute atomic E-state index is 0.112. The Kier molecular flexibility index (Phi) is 7.03. The van der Waals surface area contributed by atoms with Crippen LogP contribution in [0.15, 0.2) is 24.3 Å². The number of hydrogen-bond acceptors (Lipinski definition) is 8. The first-order chi connectivity index (χ1) is 19.1. The molecule has 0 aliphatic carbocycles. The quantitative estimate of drug-likeness (QED) is 0.427. The van der Waals surface area contributed by atoms with Crippen LogP contribution in [-0.4, -0.2) is 67.4 Å². The molecular weight excluding hydrogens is 520 g/mol. The van der Waals surface area contributed by atoms with Gasteiger partial charge < -0.3 is 19.1 Å². The Labute approximate surface area is 241 Å². The monoisotopic (exact) mass is 560 g/mol. The first kappa shape index (κ1) is 28.5. The van der Waals surface area contributed by atoms with Crippen LogP contribution in [0.5, 0.6) is 0 Å². The van der Waals surface area contributed by atoms with Crippen molar-refractivity contribution in [3.8, 4) is 11.5 Å². The number of pyridine rings is 2. The molecule has 5 heterocycles. The van der Waals surface area contributed by atoms with Gasteiger partial charge >= 0.3 is 6.09 Å². The summed E-state index contributed by atoms with van der Waals surface area (Å²) in [5, 5.41) is 8.81. The van der Waals surface area contributed by atoms with Gasteiger partial charge in [0, 0.05) is 38.7 Å². The highest BCUT2D eigenvalue weighted by molar-refractivity contribution is 6.10. The summed E-state index contributed by atoms with van der Waals surface area (Å²) >= 11 is 0. The molecule has 0 atom stereocenters. The van der Waals surface area contributed by atoms with E-state index in [4.69, 9.17) is 14.7 Å². The van der Waals surface area contributed by atoms with Gasteiger partial charge in [0.1, 0.15) is 28.8 Å². The zero-order chi connectivity index (χ0) is 29.9.